The molecule has 0 spiro atoms. The van der Waals surface area contributed by atoms with Gasteiger partial charge in [-0.05, 0) is 36.1 Å². The van der Waals surface area contributed by atoms with Crippen LogP contribution in [0.15, 0.2) is 83.7 Å². The monoisotopic (exact) mass is 469 g/mol. The van der Waals surface area contributed by atoms with Crippen molar-refractivity contribution in [3.8, 4) is 11.1 Å². The van der Waals surface area contributed by atoms with Gasteiger partial charge in [0.2, 0.25) is 0 Å². The van der Waals surface area contributed by atoms with Crippen LogP contribution in [0, 0.1) is 0 Å². The summed E-state index contributed by atoms with van der Waals surface area (Å²) < 4.78 is 6.52. The summed E-state index contributed by atoms with van der Waals surface area (Å²) in [6, 6.07) is 24.5. The average Bonchev–Trinajstić information content (AvgIpc) is 2.89. The van der Waals surface area contributed by atoms with Crippen molar-refractivity contribution in [2.75, 3.05) is 6.61 Å². The van der Waals surface area contributed by atoms with E-state index in [-0.39, 0.29) is 17.3 Å². The van der Waals surface area contributed by atoms with Crippen molar-refractivity contribution in [1.29, 1.82) is 0 Å². The predicted molar refractivity (Wildman–Crippen MR) is 135 cm³/mol. The first-order valence-corrected chi connectivity index (χ1v) is 11.6. The van der Waals surface area contributed by atoms with Gasteiger partial charge >= 0.3 is 5.97 Å². The molecule has 0 aliphatic heterocycles. The number of carbonyl (C=O) groups excluding carboxylic acids is 2. The van der Waals surface area contributed by atoms with E-state index in [9.17, 15) is 14.4 Å². The second kappa shape index (κ2) is 10.8. The molecule has 0 aliphatic rings. The number of esters is 1. The molecule has 1 amide bonds. The fourth-order valence-electron chi connectivity index (χ4n) is 3.91. The van der Waals surface area contributed by atoms with Crippen LogP contribution in [0.1, 0.15) is 42.4 Å². The molecule has 0 fully saturated rings. The zero-order chi connectivity index (χ0) is 24.8. The number of hydrogen-bond acceptors (Lipinski definition) is 5. The van der Waals surface area contributed by atoms with Gasteiger partial charge in [0, 0.05) is 11.9 Å². The highest BCUT2D eigenvalue weighted by atomic mass is 16.5. The molecule has 4 aromatic rings. The number of nitrogens with zero attached hydrogens (tertiary/aromatic N) is 2. The molecular formula is C28H27N3O4. The topological polar surface area (TPSA) is 90.3 Å². The van der Waals surface area contributed by atoms with Gasteiger partial charge in [-0.2, -0.15) is 5.10 Å². The Morgan fingerprint density at radius 1 is 0.914 bits per heavy atom. The molecule has 0 saturated heterocycles. The number of carbonyl (C=O) groups is 2. The number of amides is 1. The minimum absolute atomic E-state index is 0.0194. The second-order valence-corrected chi connectivity index (χ2v) is 8.28. The molecule has 0 saturated carbocycles. The van der Waals surface area contributed by atoms with E-state index in [1.807, 2.05) is 68.4 Å². The van der Waals surface area contributed by atoms with E-state index in [0.29, 0.717) is 23.7 Å². The van der Waals surface area contributed by atoms with Gasteiger partial charge < -0.3 is 10.1 Å². The van der Waals surface area contributed by atoms with Crippen LogP contribution >= 0.6 is 0 Å². The fourth-order valence-corrected chi connectivity index (χ4v) is 3.91. The number of aryl methyl sites for hydroxylation is 1. The van der Waals surface area contributed by atoms with Gasteiger partial charge in [-0.15, -0.1) is 0 Å². The predicted octanol–water partition coefficient (Wildman–Crippen LogP) is 4.51. The van der Waals surface area contributed by atoms with E-state index in [2.05, 4.69) is 10.4 Å². The third-order valence-electron chi connectivity index (χ3n) is 5.73. The molecule has 178 valence electrons. The fraction of sp³-hybridized carbons (Fsp3) is 0.214. The highest BCUT2D eigenvalue weighted by molar-refractivity contribution is 6.02. The lowest BCUT2D eigenvalue weighted by molar-refractivity contribution is -0.124. The van der Waals surface area contributed by atoms with Crippen molar-refractivity contribution < 1.29 is 14.3 Å². The van der Waals surface area contributed by atoms with E-state index in [1.54, 1.807) is 24.3 Å². The molecule has 0 radical (unpaired) electrons. The molecule has 1 heterocycles. The van der Waals surface area contributed by atoms with Crippen molar-refractivity contribution >= 4 is 22.6 Å². The van der Waals surface area contributed by atoms with Crippen molar-refractivity contribution in [1.82, 2.24) is 15.1 Å². The number of benzene rings is 3. The van der Waals surface area contributed by atoms with Crippen molar-refractivity contribution in [3.05, 3.63) is 100 Å². The van der Waals surface area contributed by atoms with Crippen LogP contribution in [0.3, 0.4) is 0 Å². The van der Waals surface area contributed by atoms with Crippen molar-refractivity contribution in [2.24, 2.45) is 0 Å². The normalized spacial score (nSPS) is 11.7. The summed E-state index contributed by atoms with van der Waals surface area (Å²) in [4.78, 5) is 37.9. The molecule has 1 aromatic heterocycles. The maximum Gasteiger partial charge on any atom is 0.359 e. The van der Waals surface area contributed by atoms with Crippen LogP contribution in [0.4, 0.5) is 0 Å². The maximum absolute atomic E-state index is 12.8. The number of aromatic nitrogens is 2. The molecule has 7 nitrogen and oxygen atoms in total. The quantitative estimate of drug-likeness (QED) is 0.384. The van der Waals surface area contributed by atoms with Crippen LogP contribution in [0.5, 0.6) is 0 Å². The van der Waals surface area contributed by atoms with E-state index in [0.717, 1.165) is 16.7 Å². The summed E-state index contributed by atoms with van der Waals surface area (Å²) >= 11 is 0. The molecule has 1 N–H and O–H groups in total. The van der Waals surface area contributed by atoms with Gasteiger partial charge in [-0.3, -0.25) is 9.59 Å². The average molecular weight is 470 g/mol. The SMILES string of the molecule is CCCn1nc(C(=O)OCC(=O)NC(C)c2ccc(-c3ccccc3)cc2)c2ccccc2c1=O. The second-order valence-electron chi connectivity index (χ2n) is 8.28. The number of ether oxygens (including phenoxy) is 1. The van der Waals surface area contributed by atoms with Gasteiger partial charge in [-0.1, -0.05) is 79.7 Å². The Labute approximate surface area is 203 Å². The molecule has 3 aromatic carbocycles. The van der Waals surface area contributed by atoms with E-state index in [4.69, 9.17) is 4.74 Å². The Kier molecular flexibility index (Phi) is 7.35. The molecule has 1 atom stereocenters. The van der Waals surface area contributed by atoms with Crippen LogP contribution in [-0.2, 0) is 16.1 Å². The van der Waals surface area contributed by atoms with Crippen LogP contribution < -0.4 is 10.9 Å². The maximum atomic E-state index is 12.8. The van der Waals surface area contributed by atoms with Crippen LogP contribution in [0.25, 0.3) is 21.9 Å². The summed E-state index contributed by atoms with van der Waals surface area (Å²) in [6.45, 7) is 3.72. The minimum atomic E-state index is -0.749. The molecular weight excluding hydrogens is 442 g/mol. The Bertz CT molecular complexity index is 1400. The first-order valence-electron chi connectivity index (χ1n) is 11.6. The summed E-state index contributed by atoms with van der Waals surface area (Å²) in [7, 11) is 0. The zero-order valence-corrected chi connectivity index (χ0v) is 19.7. The van der Waals surface area contributed by atoms with E-state index in [1.165, 1.54) is 4.68 Å². The standard InChI is InChI=1S/C28H27N3O4/c1-3-17-31-27(33)24-12-8-7-11-23(24)26(30-31)28(34)35-18-25(32)29-19(2)20-13-15-22(16-14-20)21-9-5-4-6-10-21/h4-16,19H,3,17-18H2,1-2H3,(H,29,32). The minimum Gasteiger partial charge on any atom is -0.451 e. The summed E-state index contributed by atoms with van der Waals surface area (Å²) in [5.41, 5.74) is 2.90. The molecule has 4 rings (SSSR count). The Hall–Kier alpha value is -4.26. The zero-order valence-electron chi connectivity index (χ0n) is 19.7. The third-order valence-corrected chi connectivity index (χ3v) is 5.73. The van der Waals surface area contributed by atoms with Gasteiger partial charge in [0.1, 0.15) is 0 Å². The van der Waals surface area contributed by atoms with Gasteiger partial charge in [0.05, 0.1) is 11.4 Å². The molecule has 35 heavy (non-hydrogen) atoms. The molecule has 0 aliphatic carbocycles. The van der Waals surface area contributed by atoms with Gasteiger partial charge in [0.15, 0.2) is 12.3 Å². The largest absolute Gasteiger partial charge is 0.451 e. The molecule has 7 heteroatoms. The van der Waals surface area contributed by atoms with Crippen molar-refractivity contribution in [2.45, 2.75) is 32.9 Å². The van der Waals surface area contributed by atoms with E-state index < -0.39 is 18.5 Å². The smallest absolute Gasteiger partial charge is 0.359 e. The molecule has 0 bridgehead atoms. The lowest BCUT2D eigenvalue weighted by Crippen LogP contribution is -2.32. The number of rotatable bonds is 8. The lowest BCUT2D eigenvalue weighted by Gasteiger charge is -2.15. The number of hydrogen-bond donors (Lipinski definition) is 1. The van der Waals surface area contributed by atoms with E-state index >= 15 is 0 Å². The third kappa shape index (κ3) is 5.46. The Balaban J connectivity index is 1.41. The Morgan fingerprint density at radius 3 is 2.23 bits per heavy atom. The first-order chi connectivity index (χ1) is 17.0. The van der Waals surface area contributed by atoms with Crippen LogP contribution in [0.2, 0.25) is 0 Å². The lowest BCUT2D eigenvalue weighted by atomic mass is 10.0. The van der Waals surface area contributed by atoms with Gasteiger partial charge in [0.25, 0.3) is 11.5 Å². The van der Waals surface area contributed by atoms with Crippen molar-refractivity contribution in [3.63, 3.8) is 0 Å². The summed E-state index contributed by atoms with van der Waals surface area (Å²) in [6.07, 6.45) is 0.687. The Morgan fingerprint density at radius 2 is 1.54 bits per heavy atom. The van der Waals surface area contributed by atoms with Gasteiger partial charge in [-0.25, -0.2) is 9.48 Å². The summed E-state index contributed by atoms with van der Waals surface area (Å²) in [5.74, 6) is -1.18. The first kappa shape index (κ1) is 23.9. The highest BCUT2D eigenvalue weighted by Gasteiger charge is 2.19. The molecule has 1 unspecified atom stereocenters. The number of nitrogens with one attached hydrogen (secondary N) is 1. The van der Waals surface area contributed by atoms with Crippen LogP contribution in [-0.4, -0.2) is 28.3 Å². The summed E-state index contributed by atoms with van der Waals surface area (Å²) in [5, 5.41) is 7.85. The highest BCUT2D eigenvalue weighted by Crippen LogP contribution is 2.22. The number of fused-ring (bicyclic) bond motifs is 1.